The largest absolute Gasteiger partial charge is 0.462 e. The SMILES string of the molecule is C=C(C(=O)OCCC)C(C(C)O)(C(C)O)C(C)O. The normalized spacial score (nSPS) is 19.5. The number of aliphatic hydroxyl groups is 3. The van der Waals surface area contributed by atoms with Gasteiger partial charge in [-0.25, -0.2) is 4.79 Å². The summed E-state index contributed by atoms with van der Waals surface area (Å²) in [4.78, 5) is 11.8. The van der Waals surface area contributed by atoms with E-state index < -0.39 is 29.7 Å². The predicted molar refractivity (Wildman–Crippen MR) is 67.9 cm³/mol. The zero-order chi connectivity index (χ0) is 14.5. The van der Waals surface area contributed by atoms with Gasteiger partial charge in [-0.3, -0.25) is 0 Å². The summed E-state index contributed by atoms with van der Waals surface area (Å²) < 4.78 is 4.94. The van der Waals surface area contributed by atoms with Crippen LogP contribution in [0.4, 0.5) is 0 Å². The van der Waals surface area contributed by atoms with Crippen LogP contribution in [0.1, 0.15) is 34.1 Å². The van der Waals surface area contributed by atoms with Crippen LogP contribution in [0.15, 0.2) is 12.2 Å². The highest BCUT2D eigenvalue weighted by atomic mass is 16.5. The van der Waals surface area contributed by atoms with Crippen LogP contribution in [-0.4, -0.2) is 46.2 Å². The van der Waals surface area contributed by atoms with Gasteiger partial charge in [0.05, 0.1) is 30.3 Å². The number of hydrogen-bond donors (Lipinski definition) is 3. The fraction of sp³-hybridized carbons (Fsp3) is 0.769. The van der Waals surface area contributed by atoms with E-state index in [2.05, 4.69) is 6.58 Å². The van der Waals surface area contributed by atoms with Gasteiger partial charge in [0, 0.05) is 5.57 Å². The average molecular weight is 260 g/mol. The Hall–Kier alpha value is -0.910. The maximum Gasteiger partial charge on any atom is 0.334 e. The molecule has 0 radical (unpaired) electrons. The predicted octanol–water partition coefficient (Wildman–Crippen LogP) is 0.625. The van der Waals surface area contributed by atoms with Crippen molar-refractivity contribution >= 4 is 5.97 Å². The van der Waals surface area contributed by atoms with Crippen LogP contribution in [0.5, 0.6) is 0 Å². The Morgan fingerprint density at radius 1 is 1.17 bits per heavy atom. The molecule has 3 N–H and O–H groups in total. The highest BCUT2D eigenvalue weighted by Crippen LogP contribution is 2.39. The monoisotopic (exact) mass is 260 g/mol. The van der Waals surface area contributed by atoms with Crippen LogP contribution >= 0.6 is 0 Å². The second kappa shape index (κ2) is 6.87. The molecule has 0 aliphatic carbocycles. The second-order valence-electron chi connectivity index (χ2n) is 4.58. The first-order valence-corrected chi connectivity index (χ1v) is 6.13. The van der Waals surface area contributed by atoms with E-state index in [0.29, 0.717) is 6.42 Å². The van der Waals surface area contributed by atoms with E-state index in [-0.39, 0.29) is 12.2 Å². The van der Waals surface area contributed by atoms with Gasteiger partial charge in [-0.15, -0.1) is 0 Å². The van der Waals surface area contributed by atoms with E-state index in [9.17, 15) is 20.1 Å². The van der Waals surface area contributed by atoms with E-state index in [4.69, 9.17) is 4.74 Å². The fourth-order valence-corrected chi connectivity index (χ4v) is 2.26. The molecule has 0 aromatic heterocycles. The number of ether oxygens (including phenoxy) is 1. The minimum absolute atomic E-state index is 0.115. The molecule has 106 valence electrons. The highest BCUT2D eigenvalue weighted by Gasteiger charge is 2.50. The maximum atomic E-state index is 11.8. The molecule has 18 heavy (non-hydrogen) atoms. The first-order chi connectivity index (χ1) is 8.22. The molecule has 0 aliphatic rings. The fourth-order valence-electron chi connectivity index (χ4n) is 2.26. The van der Waals surface area contributed by atoms with E-state index in [1.165, 1.54) is 20.8 Å². The number of rotatable bonds is 7. The highest BCUT2D eigenvalue weighted by molar-refractivity contribution is 5.89. The van der Waals surface area contributed by atoms with Gasteiger partial charge in [0.25, 0.3) is 0 Å². The summed E-state index contributed by atoms with van der Waals surface area (Å²) in [5.74, 6) is -0.709. The lowest BCUT2D eigenvalue weighted by Crippen LogP contribution is -2.53. The van der Waals surface area contributed by atoms with Crippen LogP contribution in [-0.2, 0) is 9.53 Å². The van der Waals surface area contributed by atoms with Crippen molar-refractivity contribution in [2.45, 2.75) is 52.4 Å². The molecule has 0 rings (SSSR count). The van der Waals surface area contributed by atoms with Gasteiger partial charge in [0.1, 0.15) is 0 Å². The third-order valence-electron chi connectivity index (χ3n) is 3.28. The number of carbonyl (C=O) groups is 1. The van der Waals surface area contributed by atoms with Crippen molar-refractivity contribution in [3.8, 4) is 0 Å². The number of aliphatic hydroxyl groups excluding tert-OH is 3. The lowest BCUT2D eigenvalue weighted by atomic mass is 9.68. The van der Waals surface area contributed by atoms with E-state index >= 15 is 0 Å². The minimum atomic E-state index is -1.52. The summed E-state index contributed by atoms with van der Waals surface area (Å²) in [5.41, 5.74) is -1.64. The van der Waals surface area contributed by atoms with Gasteiger partial charge in [0.15, 0.2) is 0 Å². The number of hydrogen-bond acceptors (Lipinski definition) is 5. The van der Waals surface area contributed by atoms with Crippen molar-refractivity contribution in [2.24, 2.45) is 5.41 Å². The van der Waals surface area contributed by atoms with Crippen LogP contribution in [0.3, 0.4) is 0 Å². The first kappa shape index (κ1) is 17.1. The van der Waals surface area contributed by atoms with Gasteiger partial charge in [0.2, 0.25) is 0 Å². The Bertz CT molecular complexity index is 272. The van der Waals surface area contributed by atoms with Crippen molar-refractivity contribution in [3.63, 3.8) is 0 Å². The van der Waals surface area contributed by atoms with Gasteiger partial charge < -0.3 is 20.1 Å². The third kappa shape index (κ3) is 3.10. The van der Waals surface area contributed by atoms with Crippen LogP contribution in [0, 0.1) is 5.41 Å². The van der Waals surface area contributed by atoms with Gasteiger partial charge in [-0.1, -0.05) is 13.5 Å². The van der Waals surface area contributed by atoms with Crippen molar-refractivity contribution in [2.75, 3.05) is 6.61 Å². The topological polar surface area (TPSA) is 87.0 Å². The standard InChI is InChI=1S/C13H24O5/c1-6-7-18-12(17)8(2)13(9(3)14,10(4)15)11(5)16/h9-11,14-16H,2,6-7H2,1,3-5H3. The molecule has 0 bridgehead atoms. The molecule has 0 amide bonds. The zero-order valence-corrected chi connectivity index (χ0v) is 11.5. The molecule has 3 unspecified atom stereocenters. The Morgan fingerprint density at radius 2 is 1.56 bits per heavy atom. The molecule has 0 aromatic rings. The summed E-state index contributed by atoms with van der Waals surface area (Å²) in [6.07, 6.45) is -2.76. The average Bonchev–Trinajstić information content (AvgIpc) is 2.24. The summed E-state index contributed by atoms with van der Waals surface area (Å²) in [6.45, 7) is 9.87. The first-order valence-electron chi connectivity index (χ1n) is 6.13. The molecule has 0 aliphatic heterocycles. The molecule has 0 saturated carbocycles. The Morgan fingerprint density at radius 3 is 1.83 bits per heavy atom. The minimum Gasteiger partial charge on any atom is -0.462 e. The molecule has 0 fully saturated rings. The number of carbonyl (C=O) groups excluding carboxylic acids is 1. The van der Waals surface area contributed by atoms with E-state index in [1.54, 1.807) is 0 Å². The summed E-state index contributed by atoms with van der Waals surface area (Å²) in [5, 5.41) is 29.6. The van der Waals surface area contributed by atoms with Crippen molar-refractivity contribution in [3.05, 3.63) is 12.2 Å². The Balaban J connectivity index is 5.32. The van der Waals surface area contributed by atoms with Gasteiger partial charge in [-0.2, -0.15) is 0 Å². The molecule has 3 atom stereocenters. The lowest BCUT2D eigenvalue weighted by Gasteiger charge is -2.42. The van der Waals surface area contributed by atoms with Crippen LogP contribution in [0.25, 0.3) is 0 Å². The third-order valence-corrected chi connectivity index (χ3v) is 3.28. The zero-order valence-electron chi connectivity index (χ0n) is 11.5. The molecule has 5 nitrogen and oxygen atoms in total. The van der Waals surface area contributed by atoms with Crippen LogP contribution in [0.2, 0.25) is 0 Å². The second-order valence-corrected chi connectivity index (χ2v) is 4.58. The Labute approximate surface area is 108 Å². The van der Waals surface area contributed by atoms with Crippen molar-refractivity contribution < 1.29 is 24.9 Å². The Kier molecular flexibility index (Phi) is 6.52. The van der Waals surface area contributed by atoms with Crippen molar-refractivity contribution in [1.82, 2.24) is 0 Å². The van der Waals surface area contributed by atoms with E-state index in [1.807, 2.05) is 6.92 Å². The lowest BCUT2D eigenvalue weighted by molar-refractivity contribution is -0.149. The number of esters is 1. The van der Waals surface area contributed by atoms with Gasteiger partial charge in [-0.05, 0) is 27.2 Å². The molecule has 5 heteroatoms. The summed E-state index contributed by atoms with van der Waals surface area (Å²) >= 11 is 0. The van der Waals surface area contributed by atoms with E-state index in [0.717, 1.165) is 0 Å². The molecule has 0 saturated heterocycles. The molecule has 0 heterocycles. The van der Waals surface area contributed by atoms with Crippen molar-refractivity contribution in [1.29, 1.82) is 0 Å². The molecular weight excluding hydrogens is 236 g/mol. The summed E-state index contributed by atoms with van der Waals surface area (Å²) in [6, 6.07) is 0. The molecule has 0 aromatic carbocycles. The van der Waals surface area contributed by atoms with Gasteiger partial charge >= 0.3 is 5.97 Å². The molecule has 0 spiro atoms. The smallest absolute Gasteiger partial charge is 0.334 e. The maximum absolute atomic E-state index is 11.8. The quantitative estimate of drug-likeness (QED) is 0.461. The summed E-state index contributed by atoms with van der Waals surface area (Å²) in [7, 11) is 0. The van der Waals surface area contributed by atoms with Crippen LogP contribution < -0.4 is 0 Å². The molecular formula is C13H24O5.